The van der Waals surface area contributed by atoms with Crippen LogP contribution in [-0.2, 0) is 4.79 Å². The Hall–Kier alpha value is -4.01. The molecule has 3 aromatic rings. The first-order valence-electron chi connectivity index (χ1n) is 8.42. The van der Waals surface area contributed by atoms with Crippen molar-refractivity contribution < 1.29 is 39.5 Å². The summed E-state index contributed by atoms with van der Waals surface area (Å²) in [4.78, 5) is 36.3. The van der Waals surface area contributed by atoms with Gasteiger partial charge in [-0.05, 0) is 24.3 Å². The minimum atomic E-state index is -1.23. The minimum absolute atomic E-state index is 0.0785. The van der Waals surface area contributed by atoms with Crippen LogP contribution in [0.4, 0.5) is 0 Å². The van der Waals surface area contributed by atoms with Crippen LogP contribution in [0.2, 0.25) is 0 Å². The van der Waals surface area contributed by atoms with Gasteiger partial charge >= 0.3 is 5.97 Å². The molecule has 0 amide bonds. The maximum Gasteiger partial charge on any atom is 0.306 e. The molecular weight excluding hydrogens is 384 g/mol. The molecule has 2 aromatic carbocycles. The number of phenolic OH excluding ortho intramolecular Hbond substituents is 3. The van der Waals surface area contributed by atoms with E-state index in [9.17, 15) is 34.8 Å². The van der Waals surface area contributed by atoms with E-state index in [0.29, 0.717) is 0 Å². The average Bonchev–Trinajstić information content (AvgIpc) is 2.64. The molecule has 3 rings (SSSR count). The summed E-state index contributed by atoms with van der Waals surface area (Å²) < 4.78 is 5.54. The van der Waals surface area contributed by atoms with Crippen molar-refractivity contribution in [1.82, 2.24) is 0 Å². The number of carboxylic acids is 1. The van der Waals surface area contributed by atoms with Crippen LogP contribution >= 0.6 is 0 Å². The molecule has 150 valence electrons. The molecule has 1 aromatic heterocycles. The lowest BCUT2D eigenvalue weighted by atomic mass is 9.96. The molecule has 0 saturated heterocycles. The second kappa shape index (κ2) is 7.19. The summed E-state index contributed by atoms with van der Waals surface area (Å²) in [5.41, 5.74) is -1.84. The standard InChI is InChI=1S/C20H16O9/c1-8(20(27)28)6-11(22)14-12(23)7-13(24)15-16(25)17(26)18(29-19(14)15)9-2-4-10(21)5-3-9/h2-5,7-8,21,23-24,26H,6H2,1H3,(H,27,28)/t8-/m0/s1. The lowest BCUT2D eigenvalue weighted by Gasteiger charge is -2.12. The summed E-state index contributed by atoms with van der Waals surface area (Å²) in [6.45, 7) is 1.30. The number of fused-ring (bicyclic) bond motifs is 1. The third kappa shape index (κ3) is 3.45. The van der Waals surface area contributed by atoms with E-state index in [1.165, 1.54) is 31.2 Å². The highest BCUT2D eigenvalue weighted by Crippen LogP contribution is 2.39. The number of carbonyl (C=O) groups excluding carboxylic acids is 1. The highest BCUT2D eigenvalue weighted by molar-refractivity contribution is 6.10. The van der Waals surface area contributed by atoms with Crippen molar-refractivity contribution in [3.8, 4) is 34.3 Å². The Morgan fingerprint density at radius 1 is 1.03 bits per heavy atom. The van der Waals surface area contributed by atoms with E-state index < -0.39 is 63.3 Å². The molecule has 0 saturated carbocycles. The highest BCUT2D eigenvalue weighted by atomic mass is 16.4. The van der Waals surface area contributed by atoms with E-state index in [0.717, 1.165) is 6.07 Å². The highest BCUT2D eigenvalue weighted by Gasteiger charge is 2.27. The maximum absolute atomic E-state index is 12.6. The Morgan fingerprint density at radius 2 is 1.66 bits per heavy atom. The van der Waals surface area contributed by atoms with Gasteiger partial charge < -0.3 is 29.9 Å². The minimum Gasteiger partial charge on any atom is -0.508 e. The van der Waals surface area contributed by atoms with Crippen molar-refractivity contribution in [1.29, 1.82) is 0 Å². The number of benzene rings is 2. The monoisotopic (exact) mass is 400 g/mol. The van der Waals surface area contributed by atoms with Gasteiger partial charge in [0.2, 0.25) is 11.2 Å². The Morgan fingerprint density at radius 3 is 2.24 bits per heavy atom. The molecule has 0 fully saturated rings. The van der Waals surface area contributed by atoms with Crippen molar-refractivity contribution in [3.05, 3.63) is 46.1 Å². The first kappa shape index (κ1) is 19.7. The molecule has 0 aliphatic rings. The van der Waals surface area contributed by atoms with Gasteiger partial charge in [0, 0.05) is 18.1 Å². The molecule has 29 heavy (non-hydrogen) atoms. The third-order valence-corrected chi connectivity index (χ3v) is 4.42. The van der Waals surface area contributed by atoms with Crippen molar-refractivity contribution >= 4 is 22.7 Å². The number of carbonyl (C=O) groups is 2. The van der Waals surface area contributed by atoms with E-state index in [1.54, 1.807) is 0 Å². The molecule has 0 radical (unpaired) electrons. The van der Waals surface area contributed by atoms with Crippen LogP contribution in [0.1, 0.15) is 23.7 Å². The number of Topliss-reactive ketones (excluding diaryl/α,β-unsaturated/α-hetero) is 1. The Labute approximate surface area is 162 Å². The first-order valence-corrected chi connectivity index (χ1v) is 8.42. The predicted molar refractivity (Wildman–Crippen MR) is 100 cm³/mol. The van der Waals surface area contributed by atoms with E-state index in [-0.39, 0.29) is 17.1 Å². The summed E-state index contributed by atoms with van der Waals surface area (Å²) in [6.07, 6.45) is -0.498. The van der Waals surface area contributed by atoms with Crippen LogP contribution < -0.4 is 5.43 Å². The van der Waals surface area contributed by atoms with Gasteiger partial charge in [0.1, 0.15) is 28.2 Å². The second-order valence-corrected chi connectivity index (χ2v) is 6.52. The van der Waals surface area contributed by atoms with E-state index in [1.807, 2.05) is 0 Å². The zero-order valence-corrected chi connectivity index (χ0v) is 15.0. The number of phenols is 3. The normalized spacial score (nSPS) is 12.0. The first-order chi connectivity index (χ1) is 13.6. The summed E-state index contributed by atoms with van der Waals surface area (Å²) in [5, 5.41) is 48.4. The smallest absolute Gasteiger partial charge is 0.306 e. The molecule has 5 N–H and O–H groups in total. The molecule has 0 bridgehead atoms. The van der Waals surface area contributed by atoms with Crippen molar-refractivity contribution in [2.75, 3.05) is 0 Å². The Bertz CT molecular complexity index is 1190. The van der Waals surface area contributed by atoms with Gasteiger partial charge in [0.15, 0.2) is 17.1 Å². The summed E-state index contributed by atoms with van der Waals surface area (Å²) in [6, 6.07) is 5.99. The largest absolute Gasteiger partial charge is 0.508 e. The number of hydrogen-bond acceptors (Lipinski definition) is 8. The van der Waals surface area contributed by atoms with Crippen LogP contribution in [-0.4, -0.2) is 37.3 Å². The molecule has 0 spiro atoms. The molecule has 9 nitrogen and oxygen atoms in total. The van der Waals surface area contributed by atoms with Crippen LogP contribution in [0.15, 0.2) is 39.5 Å². The zero-order chi connectivity index (χ0) is 21.5. The van der Waals surface area contributed by atoms with Gasteiger partial charge in [0.25, 0.3) is 0 Å². The van der Waals surface area contributed by atoms with Crippen molar-refractivity contribution in [2.24, 2.45) is 5.92 Å². The van der Waals surface area contributed by atoms with Gasteiger partial charge in [-0.15, -0.1) is 0 Å². The Kier molecular flexibility index (Phi) is 4.90. The average molecular weight is 400 g/mol. The van der Waals surface area contributed by atoms with Crippen LogP contribution in [0.5, 0.6) is 23.0 Å². The second-order valence-electron chi connectivity index (χ2n) is 6.52. The predicted octanol–water partition coefficient (Wildman–Crippen LogP) is 2.58. The molecular formula is C20H16O9. The number of aliphatic carboxylic acids is 1. The lowest BCUT2D eigenvalue weighted by molar-refractivity contribution is -0.141. The number of aromatic hydroxyl groups is 4. The van der Waals surface area contributed by atoms with Gasteiger partial charge in [0.05, 0.1) is 5.92 Å². The van der Waals surface area contributed by atoms with Gasteiger partial charge in [-0.1, -0.05) is 6.92 Å². The molecule has 9 heteroatoms. The molecule has 0 aliphatic heterocycles. The molecule has 1 heterocycles. The van der Waals surface area contributed by atoms with E-state index >= 15 is 0 Å². The van der Waals surface area contributed by atoms with Gasteiger partial charge in [-0.25, -0.2) is 0 Å². The zero-order valence-electron chi connectivity index (χ0n) is 15.0. The van der Waals surface area contributed by atoms with Gasteiger partial charge in [-0.2, -0.15) is 0 Å². The summed E-state index contributed by atoms with van der Waals surface area (Å²) in [5.74, 6) is -5.84. The van der Waals surface area contributed by atoms with Gasteiger partial charge in [-0.3, -0.25) is 14.4 Å². The third-order valence-electron chi connectivity index (χ3n) is 4.42. The fourth-order valence-corrected chi connectivity index (χ4v) is 2.87. The Balaban J connectivity index is 2.32. The summed E-state index contributed by atoms with van der Waals surface area (Å²) >= 11 is 0. The van der Waals surface area contributed by atoms with Crippen molar-refractivity contribution in [2.45, 2.75) is 13.3 Å². The molecule has 0 aliphatic carbocycles. The van der Waals surface area contributed by atoms with Crippen LogP contribution in [0.3, 0.4) is 0 Å². The fraction of sp³-hybridized carbons (Fsp3) is 0.150. The molecule has 1 atom stereocenters. The maximum atomic E-state index is 12.6. The lowest BCUT2D eigenvalue weighted by Crippen LogP contribution is -2.15. The van der Waals surface area contributed by atoms with Crippen LogP contribution in [0.25, 0.3) is 22.3 Å². The number of carboxylic acid groups (broad SMARTS) is 1. The van der Waals surface area contributed by atoms with Crippen molar-refractivity contribution in [3.63, 3.8) is 0 Å². The SMILES string of the molecule is C[C@@H](CC(=O)c1c(O)cc(O)c2c(=O)c(O)c(-c3ccc(O)cc3)oc12)C(=O)O. The quantitative estimate of drug-likeness (QED) is 0.405. The summed E-state index contributed by atoms with van der Waals surface area (Å²) in [7, 11) is 0. The number of hydrogen-bond donors (Lipinski definition) is 5. The number of ketones is 1. The topological polar surface area (TPSA) is 165 Å². The molecule has 0 unspecified atom stereocenters. The van der Waals surface area contributed by atoms with Crippen LogP contribution in [0, 0.1) is 5.92 Å². The van der Waals surface area contributed by atoms with E-state index in [2.05, 4.69) is 0 Å². The van der Waals surface area contributed by atoms with E-state index in [4.69, 9.17) is 9.52 Å². The fourth-order valence-electron chi connectivity index (χ4n) is 2.87. The number of rotatable bonds is 5.